The monoisotopic (exact) mass is 351 g/mol. The Morgan fingerprint density at radius 3 is 3.12 bits per heavy atom. The smallest absolute Gasteiger partial charge is 0.231 e. The third-order valence-corrected chi connectivity index (χ3v) is 6.15. The summed E-state index contributed by atoms with van der Waals surface area (Å²) in [5, 5.41) is 9.37. The summed E-state index contributed by atoms with van der Waals surface area (Å²) in [5.41, 5.74) is 4.20. The summed E-state index contributed by atoms with van der Waals surface area (Å²) in [5.74, 6) is 2.23. The molecule has 0 fully saturated rings. The van der Waals surface area contributed by atoms with Gasteiger partial charge in [-0.3, -0.25) is 4.40 Å². The zero-order valence-corrected chi connectivity index (χ0v) is 14.7. The molecule has 1 atom stereocenters. The third kappa shape index (κ3) is 2.23. The van der Waals surface area contributed by atoms with Crippen molar-refractivity contribution in [2.75, 3.05) is 6.79 Å². The van der Waals surface area contributed by atoms with Crippen LogP contribution < -0.4 is 9.47 Å². The van der Waals surface area contributed by atoms with Crippen molar-refractivity contribution >= 4 is 16.3 Å². The Kier molecular flexibility index (Phi) is 3.25. The number of thiazole rings is 1. The van der Waals surface area contributed by atoms with E-state index < -0.39 is 0 Å². The fourth-order valence-electron chi connectivity index (χ4n) is 3.80. The third-order valence-electron chi connectivity index (χ3n) is 5.05. The number of benzene rings is 1. The van der Waals surface area contributed by atoms with Crippen LogP contribution in [0.1, 0.15) is 29.6 Å². The molecule has 5 rings (SSSR count). The quantitative estimate of drug-likeness (QED) is 0.701. The Labute approximate surface area is 149 Å². The SMILES string of the molecule is CC1CCc2c(sc3nc(-c4ccc5c(c4)OCO5)c(CC#N)n23)C1. The van der Waals surface area contributed by atoms with Gasteiger partial charge in [0.25, 0.3) is 0 Å². The zero-order chi connectivity index (χ0) is 17.0. The van der Waals surface area contributed by atoms with Gasteiger partial charge in [-0.15, -0.1) is 11.3 Å². The number of nitriles is 1. The Bertz CT molecular complexity index is 1030. The van der Waals surface area contributed by atoms with Gasteiger partial charge in [-0.25, -0.2) is 4.98 Å². The van der Waals surface area contributed by atoms with Gasteiger partial charge in [0.1, 0.15) is 0 Å². The molecular formula is C19H17N3O2S. The van der Waals surface area contributed by atoms with Gasteiger partial charge < -0.3 is 9.47 Å². The molecule has 0 radical (unpaired) electrons. The highest BCUT2D eigenvalue weighted by atomic mass is 32.1. The lowest BCUT2D eigenvalue weighted by atomic mass is 9.93. The second kappa shape index (κ2) is 5.50. The van der Waals surface area contributed by atoms with Crippen LogP contribution in [0.5, 0.6) is 11.5 Å². The van der Waals surface area contributed by atoms with Crippen molar-refractivity contribution in [2.24, 2.45) is 5.92 Å². The van der Waals surface area contributed by atoms with E-state index in [1.807, 2.05) is 18.2 Å². The number of aryl methyl sites for hydroxylation is 1. The minimum absolute atomic E-state index is 0.258. The van der Waals surface area contributed by atoms with Gasteiger partial charge in [0.15, 0.2) is 16.5 Å². The largest absolute Gasteiger partial charge is 0.454 e. The lowest BCUT2D eigenvalue weighted by molar-refractivity contribution is 0.174. The molecule has 0 amide bonds. The van der Waals surface area contributed by atoms with E-state index >= 15 is 0 Å². The molecule has 2 aliphatic rings. The van der Waals surface area contributed by atoms with E-state index in [-0.39, 0.29) is 6.79 Å². The van der Waals surface area contributed by atoms with Crippen molar-refractivity contribution in [1.82, 2.24) is 9.38 Å². The molecule has 0 saturated carbocycles. The van der Waals surface area contributed by atoms with Crippen LogP contribution >= 0.6 is 11.3 Å². The Hall–Kier alpha value is -2.52. The van der Waals surface area contributed by atoms with E-state index in [0.29, 0.717) is 6.42 Å². The predicted molar refractivity (Wildman–Crippen MR) is 95.1 cm³/mol. The van der Waals surface area contributed by atoms with Crippen LogP contribution in [0, 0.1) is 17.2 Å². The second-order valence-electron chi connectivity index (χ2n) is 6.75. The number of nitrogens with zero attached hydrogens (tertiary/aromatic N) is 3. The Morgan fingerprint density at radius 1 is 1.36 bits per heavy atom. The fraction of sp³-hybridized carbons (Fsp3) is 0.368. The molecule has 1 aliphatic heterocycles. The van der Waals surface area contributed by atoms with E-state index in [1.165, 1.54) is 17.0 Å². The Morgan fingerprint density at radius 2 is 2.24 bits per heavy atom. The first-order valence-electron chi connectivity index (χ1n) is 8.53. The average Bonchev–Trinajstić information content (AvgIpc) is 3.28. The van der Waals surface area contributed by atoms with Gasteiger partial charge >= 0.3 is 0 Å². The number of rotatable bonds is 2. The summed E-state index contributed by atoms with van der Waals surface area (Å²) in [6.07, 6.45) is 3.73. The van der Waals surface area contributed by atoms with Gasteiger partial charge in [-0.05, 0) is 43.4 Å². The zero-order valence-electron chi connectivity index (χ0n) is 13.9. The van der Waals surface area contributed by atoms with Crippen LogP contribution in [0.2, 0.25) is 0 Å². The molecule has 1 aliphatic carbocycles. The van der Waals surface area contributed by atoms with Crippen molar-refractivity contribution in [2.45, 2.75) is 32.6 Å². The standard InChI is InChI=1S/C19H17N3O2S/c1-11-2-4-13-17(8-11)25-19-21-18(14(6-7-20)22(13)19)12-3-5-15-16(9-12)24-10-23-15/h3,5,9,11H,2,4,6,8,10H2,1H3. The number of imidazole rings is 1. The van der Waals surface area contributed by atoms with Crippen molar-refractivity contribution < 1.29 is 9.47 Å². The lowest BCUT2D eigenvalue weighted by Gasteiger charge is -2.18. The molecule has 1 aromatic carbocycles. The number of hydrogen-bond acceptors (Lipinski definition) is 5. The van der Waals surface area contributed by atoms with Crippen LogP contribution in [-0.2, 0) is 19.3 Å². The molecule has 0 spiro atoms. The normalized spacial score (nSPS) is 18.3. The van der Waals surface area contributed by atoms with Crippen LogP contribution in [0.25, 0.3) is 16.2 Å². The molecule has 25 heavy (non-hydrogen) atoms. The second-order valence-corrected chi connectivity index (χ2v) is 7.81. The summed E-state index contributed by atoms with van der Waals surface area (Å²) >= 11 is 1.77. The summed E-state index contributed by atoms with van der Waals surface area (Å²) in [7, 11) is 0. The summed E-state index contributed by atoms with van der Waals surface area (Å²) in [4.78, 5) is 7.32. The van der Waals surface area contributed by atoms with Crippen molar-refractivity contribution in [1.29, 1.82) is 5.26 Å². The minimum atomic E-state index is 0.258. The lowest BCUT2D eigenvalue weighted by Crippen LogP contribution is -2.11. The molecule has 3 aromatic rings. The summed E-state index contributed by atoms with van der Waals surface area (Å²) < 4.78 is 13.1. The number of aromatic nitrogens is 2. The van der Waals surface area contributed by atoms with Gasteiger partial charge in [-0.1, -0.05) is 6.92 Å². The molecule has 0 saturated heterocycles. The molecule has 3 heterocycles. The van der Waals surface area contributed by atoms with Crippen LogP contribution in [0.4, 0.5) is 0 Å². The Balaban J connectivity index is 1.70. The van der Waals surface area contributed by atoms with Gasteiger partial charge in [0.2, 0.25) is 6.79 Å². The topological polar surface area (TPSA) is 59.5 Å². The molecule has 0 bridgehead atoms. The molecular weight excluding hydrogens is 334 g/mol. The maximum atomic E-state index is 9.37. The molecule has 6 heteroatoms. The van der Waals surface area contributed by atoms with E-state index in [0.717, 1.165) is 52.2 Å². The van der Waals surface area contributed by atoms with Crippen molar-refractivity contribution in [3.63, 3.8) is 0 Å². The van der Waals surface area contributed by atoms with E-state index in [4.69, 9.17) is 14.5 Å². The van der Waals surface area contributed by atoms with Crippen molar-refractivity contribution in [3.05, 3.63) is 34.5 Å². The van der Waals surface area contributed by atoms with Gasteiger partial charge in [0.05, 0.1) is 23.9 Å². The van der Waals surface area contributed by atoms with Crippen LogP contribution in [0.3, 0.4) is 0 Å². The first-order valence-corrected chi connectivity index (χ1v) is 9.35. The maximum Gasteiger partial charge on any atom is 0.231 e. The van der Waals surface area contributed by atoms with Crippen LogP contribution in [-0.4, -0.2) is 16.2 Å². The van der Waals surface area contributed by atoms with E-state index in [1.54, 1.807) is 11.3 Å². The van der Waals surface area contributed by atoms with Gasteiger partial charge in [0, 0.05) is 16.1 Å². The first kappa shape index (κ1) is 14.8. The van der Waals surface area contributed by atoms with Crippen LogP contribution in [0.15, 0.2) is 18.2 Å². The molecule has 0 N–H and O–H groups in total. The summed E-state index contributed by atoms with van der Waals surface area (Å²) in [6, 6.07) is 8.19. The first-order chi connectivity index (χ1) is 12.2. The minimum Gasteiger partial charge on any atom is -0.454 e. The molecule has 2 aromatic heterocycles. The number of ether oxygens (including phenoxy) is 2. The van der Waals surface area contributed by atoms with E-state index in [9.17, 15) is 5.26 Å². The van der Waals surface area contributed by atoms with E-state index in [2.05, 4.69) is 17.4 Å². The molecule has 126 valence electrons. The number of hydrogen-bond donors (Lipinski definition) is 0. The summed E-state index contributed by atoms with van der Waals surface area (Å²) in [6.45, 7) is 2.56. The highest BCUT2D eigenvalue weighted by Crippen LogP contribution is 2.39. The van der Waals surface area contributed by atoms with Crippen molar-refractivity contribution in [3.8, 4) is 28.8 Å². The van der Waals surface area contributed by atoms with Gasteiger partial charge in [-0.2, -0.15) is 5.26 Å². The molecule has 1 unspecified atom stereocenters. The highest BCUT2D eigenvalue weighted by Gasteiger charge is 2.26. The maximum absolute atomic E-state index is 9.37. The average molecular weight is 351 g/mol. The fourth-order valence-corrected chi connectivity index (χ4v) is 5.15. The number of fused-ring (bicyclic) bond motifs is 4. The predicted octanol–water partition coefficient (Wildman–Crippen LogP) is 3.98. The molecule has 5 nitrogen and oxygen atoms in total. The highest BCUT2D eigenvalue weighted by molar-refractivity contribution is 7.17.